The van der Waals surface area contributed by atoms with E-state index >= 15 is 0 Å². The van der Waals surface area contributed by atoms with E-state index in [1.54, 1.807) is 0 Å². The maximum Gasteiger partial charge on any atom is 0.383 e. The number of benzene rings is 1. The molecule has 5 heteroatoms. The van der Waals surface area contributed by atoms with Crippen molar-refractivity contribution in [2.45, 2.75) is 57.7 Å². The summed E-state index contributed by atoms with van der Waals surface area (Å²) in [7, 11) is 0. The second kappa shape index (κ2) is 6.77. The summed E-state index contributed by atoms with van der Waals surface area (Å²) >= 11 is 0. The Morgan fingerprint density at radius 2 is 1.62 bits per heavy atom. The minimum atomic E-state index is -3.66. The molecule has 0 atom stereocenters. The molecular weight excluding hydrogens is 284 g/mol. The van der Waals surface area contributed by atoms with Crippen molar-refractivity contribution in [1.82, 2.24) is 0 Å². The molecule has 118 valence electrons. The fraction of sp³-hybridized carbons (Fsp3) is 0.625. The van der Waals surface area contributed by atoms with Crippen LogP contribution in [0.3, 0.4) is 0 Å². The summed E-state index contributed by atoms with van der Waals surface area (Å²) in [6.45, 7) is 2.11. The highest BCUT2D eigenvalue weighted by molar-refractivity contribution is 5.20. The van der Waals surface area contributed by atoms with Crippen LogP contribution in [-0.4, -0.2) is 6.10 Å². The first-order valence-corrected chi connectivity index (χ1v) is 7.43. The Bertz CT molecular complexity index is 447. The smallest absolute Gasteiger partial charge is 0.313 e. The lowest BCUT2D eigenvalue weighted by Crippen LogP contribution is -2.29. The Morgan fingerprint density at radius 3 is 2.14 bits per heavy atom. The van der Waals surface area contributed by atoms with E-state index in [0.717, 1.165) is 25.7 Å². The molecule has 0 aromatic heterocycles. The maximum atomic E-state index is 14.0. The van der Waals surface area contributed by atoms with Crippen molar-refractivity contribution in [2.75, 3.05) is 0 Å². The van der Waals surface area contributed by atoms with E-state index < -0.39 is 29.4 Å². The first kappa shape index (κ1) is 16.3. The molecule has 1 aliphatic rings. The minimum Gasteiger partial charge on any atom is -0.313 e. The van der Waals surface area contributed by atoms with Crippen LogP contribution in [0.2, 0.25) is 0 Å². The van der Waals surface area contributed by atoms with Crippen molar-refractivity contribution in [2.24, 2.45) is 5.92 Å². The quantitative estimate of drug-likeness (QED) is 0.663. The van der Waals surface area contributed by atoms with Gasteiger partial charge < -0.3 is 4.74 Å². The highest BCUT2D eigenvalue weighted by Crippen LogP contribution is 2.37. The van der Waals surface area contributed by atoms with Gasteiger partial charge in [-0.3, -0.25) is 0 Å². The molecule has 1 aromatic rings. The van der Waals surface area contributed by atoms with Gasteiger partial charge in [-0.15, -0.1) is 0 Å². The van der Waals surface area contributed by atoms with Crippen molar-refractivity contribution in [3.05, 3.63) is 35.4 Å². The standard InChI is InChI=1S/C16H20F4O/c1-2-3-11-4-6-15(7-5-11)21-16(19,20)12-8-13(17)10-14(18)9-12/h8-11,15H,2-7H2,1H3. The topological polar surface area (TPSA) is 9.23 Å². The number of rotatable bonds is 5. The summed E-state index contributed by atoms with van der Waals surface area (Å²) in [5.74, 6) is -1.48. The lowest BCUT2D eigenvalue weighted by Gasteiger charge is -2.31. The van der Waals surface area contributed by atoms with Crippen LogP contribution in [0.1, 0.15) is 51.0 Å². The fourth-order valence-corrected chi connectivity index (χ4v) is 2.95. The van der Waals surface area contributed by atoms with Crippen LogP contribution in [0.5, 0.6) is 0 Å². The molecule has 1 fully saturated rings. The van der Waals surface area contributed by atoms with Gasteiger partial charge in [0, 0.05) is 6.07 Å². The van der Waals surface area contributed by atoms with Crippen molar-refractivity contribution >= 4 is 0 Å². The third-order valence-electron chi connectivity index (χ3n) is 4.00. The van der Waals surface area contributed by atoms with E-state index in [2.05, 4.69) is 6.92 Å². The molecule has 0 aliphatic heterocycles. The van der Waals surface area contributed by atoms with Crippen LogP contribution in [0.4, 0.5) is 17.6 Å². The van der Waals surface area contributed by atoms with Gasteiger partial charge in [-0.1, -0.05) is 19.8 Å². The number of halogens is 4. The molecule has 0 spiro atoms. The zero-order valence-corrected chi connectivity index (χ0v) is 12.0. The van der Waals surface area contributed by atoms with E-state index in [-0.39, 0.29) is 0 Å². The third-order valence-corrected chi connectivity index (χ3v) is 4.00. The molecule has 1 nitrogen and oxygen atoms in total. The first-order valence-electron chi connectivity index (χ1n) is 7.43. The second-order valence-electron chi connectivity index (χ2n) is 5.72. The summed E-state index contributed by atoms with van der Waals surface area (Å²) in [6, 6.07) is 1.80. The molecular formula is C16H20F4O. The minimum absolute atomic E-state index is 0.556. The van der Waals surface area contributed by atoms with E-state index in [4.69, 9.17) is 4.74 Å². The van der Waals surface area contributed by atoms with Gasteiger partial charge in [0.2, 0.25) is 0 Å². The Balaban J connectivity index is 1.98. The van der Waals surface area contributed by atoms with Gasteiger partial charge in [-0.2, -0.15) is 8.78 Å². The van der Waals surface area contributed by atoms with E-state index in [9.17, 15) is 17.6 Å². The van der Waals surface area contributed by atoms with Gasteiger partial charge in [0.1, 0.15) is 11.6 Å². The normalized spacial score (nSPS) is 23.3. The van der Waals surface area contributed by atoms with Gasteiger partial charge in [0.15, 0.2) is 0 Å². The molecule has 1 saturated carbocycles. The Labute approximate surface area is 122 Å². The Hall–Kier alpha value is -1.10. The fourth-order valence-electron chi connectivity index (χ4n) is 2.95. The predicted molar refractivity (Wildman–Crippen MR) is 72.0 cm³/mol. The number of alkyl halides is 2. The first-order chi connectivity index (χ1) is 9.90. The third kappa shape index (κ3) is 4.43. The molecule has 0 N–H and O–H groups in total. The largest absolute Gasteiger partial charge is 0.383 e. The number of ether oxygens (including phenoxy) is 1. The van der Waals surface area contributed by atoms with Crippen molar-refractivity contribution in [1.29, 1.82) is 0 Å². The Morgan fingerprint density at radius 1 is 1.05 bits per heavy atom. The SMILES string of the molecule is CCCC1CCC(OC(F)(F)c2cc(F)cc(F)c2)CC1. The van der Waals surface area contributed by atoms with Crippen LogP contribution in [0, 0.1) is 17.6 Å². The average Bonchev–Trinajstić information content (AvgIpc) is 2.40. The van der Waals surface area contributed by atoms with Crippen LogP contribution in [0.25, 0.3) is 0 Å². The lowest BCUT2D eigenvalue weighted by molar-refractivity contribution is -0.278. The van der Waals surface area contributed by atoms with E-state index in [1.165, 1.54) is 0 Å². The number of hydrogen-bond acceptors (Lipinski definition) is 1. The predicted octanol–water partition coefficient (Wildman–Crippen LogP) is 5.39. The number of hydrogen-bond donors (Lipinski definition) is 0. The molecule has 1 aromatic carbocycles. The summed E-state index contributed by atoms with van der Waals surface area (Å²) in [6.07, 6.45) is 0.853. The summed E-state index contributed by atoms with van der Waals surface area (Å²) < 4.78 is 58.9. The molecule has 0 radical (unpaired) electrons. The lowest BCUT2D eigenvalue weighted by atomic mass is 9.84. The highest BCUT2D eigenvalue weighted by Gasteiger charge is 2.38. The van der Waals surface area contributed by atoms with Gasteiger partial charge in [-0.25, -0.2) is 8.78 Å². The molecule has 21 heavy (non-hydrogen) atoms. The summed E-state index contributed by atoms with van der Waals surface area (Å²) in [4.78, 5) is 0. The van der Waals surface area contributed by atoms with Crippen molar-refractivity contribution in [3.8, 4) is 0 Å². The Kier molecular flexibility index (Phi) is 5.25. The molecule has 0 unspecified atom stereocenters. The monoisotopic (exact) mass is 304 g/mol. The summed E-state index contributed by atoms with van der Waals surface area (Å²) in [5.41, 5.74) is -0.768. The van der Waals surface area contributed by atoms with Crippen LogP contribution >= 0.6 is 0 Å². The van der Waals surface area contributed by atoms with Gasteiger partial charge in [0.05, 0.1) is 11.7 Å². The molecule has 1 aliphatic carbocycles. The van der Waals surface area contributed by atoms with Crippen molar-refractivity contribution in [3.63, 3.8) is 0 Å². The van der Waals surface area contributed by atoms with Crippen LogP contribution in [0.15, 0.2) is 18.2 Å². The second-order valence-corrected chi connectivity index (χ2v) is 5.72. The van der Waals surface area contributed by atoms with Crippen LogP contribution in [-0.2, 0) is 10.8 Å². The molecule has 0 bridgehead atoms. The zero-order valence-electron chi connectivity index (χ0n) is 12.0. The van der Waals surface area contributed by atoms with E-state index in [1.807, 2.05) is 0 Å². The highest BCUT2D eigenvalue weighted by atomic mass is 19.3. The maximum absolute atomic E-state index is 14.0. The molecule has 0 heterocycles. The van der Waals surface area contributed by atoms with Crippen LogP contribution < -0.4 is 0 Å². The molecule has 2 rings (SSSR count). The van der Waals surface area contributed by atoms with Crippen molar-refractivity contribution < 1.29 is 22.3 Å². The zero-order chi connectivity index (χ0) is 15.5. The van der Waals surface area contributed by atoms with Gasteiger partial charge >= 0.3 is 6.11 Å². The average molecular weight is 304 g/mol. The van der Waals surface area contributed by atoms with Gasteiger partial charge in [0.25, 0.3) is 0 Å². The molecule has 0 saturated heterocycles. The summed E-state index contributed by atoms with van der Waals surface area (Å²) in [5, 5.41) is 0. The molecule has 0 amide bonds. The van der Waals surface area contributed by atoms with Gasteiger partial charge in [-0.05, 0) is 43.7 Å². The van der Waals surface area contributed by atoms with E-state index in [0.29, 0.717) is 37.0 Å².